The van der Waals surface area contributed by atoms with Crippen LogP contribution in [0.5, 0.6) is 0 Å². The lowest BCUT2D eigenvalue weighted by molar-refractivity contribution is -0.314. The number of carbonyl (C=O) groups is 1. The van der Waals surface area contributed by atoms with E-state index in [9.17, 15) is 40.0 Å². The molecule has 0 spiro atoms. The van der Waals surface area contributed by atoms with Crippen molar-refractivity contribution in [3.63, 3.8) is 0 Å². The van der Waals surface area contributed by atoms with Gasteiger partial charge in [0.05, 0.1) is 6.61 Å². The van der Waals surface area contributed by atoms with Crippen molar-refractivity contribution < 1.29 is 53.8 Å². The number of carboxylic acid groups (broad SMARTS) is 1. The van der Waals surface area contributed by atoms with Crippen molar-refractivity contribution in [3.05, 3.63) is 12.2 Å². The molecular formula is C25H47O11P. The molecule has 12 heteroatoms. The van der Waals surface area contributed by atoms with E-state index in [1.165, 1.54) is 38.5 Å². The molecule has 1 fully saturated rings. The molecule has 1 saturated heterocycles. The van der Waals surface area contributed by atoms with Gasteiger partial charge in [0.25, 0.3) is 0 Å². The summed E-state index contributed by atoms with van der Waals surface area (Å²) in [4.78, 5) is 11.4. The summed E-state index contributed by atoms with van der Waals surface area (Å²) in [7, 11) is -4.84. The van der Waals surface area contributed by atoms with Crippen LogP contribution in [0.2, 0.25) is 0 Å². The van der Waals surface area contributed by atoms with Gasteiger partial charge in [-0.1, -0.05) is 76.9 Å². The molecule has 0 aliphatic carbocycles. The first-order chi connectivity index (χ1) is 17.6. The lowest BCUT2D eigenvalue weighted by Crippen LogP contribution is -2.60. The zero-order valence-corrected chi connectivity index (χ0v) is 22.8. The Bertz CT molecular complexity index is 690. The van der Waals surface area contributed by atoms with Crippen molar-refractivity contribution in [1.29, 1.82) is 0 Å². The predicted octanol–water partition coefficient (Wildman–Crippen LogP) is 4.05. The third-order valence-corrected chi connectivity index (χ3v) is 7.79. The quantitative estimate of drug-likeness (QED) is 0.0521. The van der Waals surface area contributed by atoms with Gasteiger partial charge in [0.1, 0.15) is 24.4 Å². The molecule has 0 aromatic heterocycles. The average Bonchev–Trinajstić information content (AvgIpc) is 2.86. The molecule has 11 nitrogen and oxygen atoms in total. The fraction of sp³-hybridized carbons (Fsp3) is 0.880. The lowest BCUT2D eigenvalue weighted by Gasteiger charge is -2.39. The second-order valence-electron chi connectivity index (χ2n) is 9.51. The van der Waals surface area contributed by atoms with Gasteiger partial charge in [0.15, 0.2) is 12.6 Å². The standard InChI is InChI=1S/C25H47O11P/c1-2-3-4-5-6-7-8-9-10-11-12-13-14-15-16-17-18-34-37(33,25(31)32)36-24(30)22-20(27)19(26)21(28)23(29)35-22/h9-10,19-24,26-30H,2-8,11-18H2,1H3,(H,31,32)/t19-,20-,21+,22-,23-,24?,37?/m0/s1. The predicted molar refractivity (Wildman–Crippen MR) is 137 cm³/mol. The molecule has 0 radical (unpaired) electrons. The smallest absolute Gasteiger partial charge is 0.440 e. The minimum Gasteiger partial charge on any atom is -0.472 e. The zero-order chi connectivity index (χ0) is 27.7. The Balaban J connectivity index is 2.18. The number of allylic oxidation sites excluding steroid dienone is 2. The van der Waals surface area contributed by atoms with E-state index >= 15 is 0 Å². The summed E-state index contributed by atoms with van der Waals surface area (Å²) in [5.74, 6) is 0. The SMILES string of the molecule is CCCCCCCCC=CCCCCCCCCOP(=O)(OC(O)[C@H]1O[C@H](O)[C@H](O)[C@@H](O)[C@@H]1O)C(=O)O. The van der Waals surface area contributed by atoms with Crippen molar-refractivity contribution in [2.24, 2.45) is 0 Å². The maximum absolute atomic E-state index is 12.5. The topological polar surface area (TPSA) is 183 Å². The minimum absolute atomic E-state index is 0.185. The van der Waals surface area contributed by atoms with Crippen LogP contribution < -0.4 is 0 Å². The van der Waals surface area contributed by atoms with Gasteiger partial charge < -0.3 is 39.9 Å². The molecule has 6 N–H and O–H groups in total. The summed E-state index contributed by atoms with van der Waals surface area (Å²) in [6.07, 6.45) is 8.00. The van der Waals surface area contributed by atoms with Gasteiger partial charge in [-0.15, -0.1) is 0 Å². The number of hydrogen-bond acceptors (Lipinski definition) is 10. The highest BCUT2D eigenvalue weighted by Gasteiger charge is 2.49. The van der Waals surface area contributed by atoms with E-state index < -0.39 is 50.3 Å². The molecule has 0 saturated carbocycles. The molecule has 1 rings (SSSR count). The van der Waals surface area contributed by atoms with Crippen LogP contribution >= 0.6 is 7.60 Å². The molecule has 0 amide bonds. The molecule has 2 unspecified atom stereocenters. The fourth-order valence-corrected chi connectivity index (χ4v) is 5.03. The van der Waals surface area contributed by atoms with Crippen molar-refractivity contribution in [2.45, 2.75) is 134 Å². The van der Waals surface area contributed by atoms with Gasteiger partial charge in [-0.3, -0.25) is 4.52 Å². The van der Waals surface area contributed by atoms with E-state index in [2.05, 4.69) is 23.6 Å². The van der Waals surface area contributed by atoms with E-state index in [0.29, 0.717) is 6.42 Å². The van der Waals surface area contributed by atoms with Crippen molar-refractivity contribution in [1.82, 2.24) is 0 Å². The Kier molecular flexibility index (Phi) is 17.7. The Morgan fingerprint density at radius 2 is 1.35 bits per heavy atom. The van der Waals surface area contributed by atoms with Gasteiger partial charge in [-0.05, 0) is 32.1 Å². The van der Waals surface area contributed by atoms with Gasteiger partial charge in [-0.2, -0.15) is 0 Å². The third-order valence-electron chi connectivity index (χ3n) is 6.30. The summed E-state index contributed by atoms with van der Waals surface area (Å²) >= 11 is 0. The summed E-state index contributed by atoms with van der Waals surface area (Å²) in [6, 6.07) is 0. The molecule has 0 aromatic carbocycles. The largest absolute Gasteiger partial charge is 0.472 e. The first-order valence-electron chi connectivity index (χ1n) is 13.5. The van der Waals surface area contributed by atoms with Crippen LogP contribution in [-0.2, 0) is 18.3 Å². The number of ether oxygens (including phenoxy) is 1. The van der Waals surface area contributed by atoms with E-state index in [0.717, 1.165) is 44.9 Å². The van der Waals surface area contributed by atoms with E-state index in [4.69, 9.17) is 9.26 Å². The molecule has 7 atom stereocenters. The summed E-state index contributed by atoms with van der Waals surface area (Å²) in [5.41, 5.74) is -1.94. The van der Waals surface area contributed by atoms with Gasteiger partial charge >= 0.3 is 13.3 Å². The number of hydrogen-bond donors (Lipinski definition) is 6. The van der Waals surface area contributed by atoms with Crippen LogP contribution in [0.4, 0.5) is 4.79 Å². The normalized spacial score (nSPS) is 26.8. The van der Waals surface area contributed by atoms with Crippen LogP contribution in [0.3, 0.4) is 0 Å². The summed E-state index contributed by atoms with van der Waals surface area (Å²) in [6.45, 7) is 2.04. The van der Waals surface area contributed by atoms with Crippen LogP contribution in [0.15, 0.2) is 12.2 Å². The molecule has 0 aromatic rings. The number of aliphatic hydroxyl groups is 5. The van der Waals surface area contributed by atoms with E-state index in [-0.39, 0.29) is 6.61 Å². The number of unbranched alkanes of at least 4 members (excludes halogenated alkanes) is 12. The number of aliphatic hydroxyl groups excluding tert-OH is 5. The molecule has 0 bridgehead atoms. The summed E-state index contributed by atoms with van der Waals surface area (Å²) in [5, 5.41) is 57.9. The molecule has 37 heavy (non-hydrogen) atoms. The highest BCUT2D eigenvalue weighted by molar-refractivity contribution is 7.71. The fourth-order valence-electron chi connectivity index (χ4n) is 3.99. The lowest BCUT2D eigenvalue weighted by atomic mass is 9.99. The molecule has 218 valence electrons. The molecule has 1 heterocycles. The first-order valence-corrected chi connectivity index (χ1v) is 15.1. The summed E-state index contributed by atoms with van der Waals surface area (Å²) < 4.78 is 26.9. The maximum atomic E-state index is 12.5. The van der Waals surface area contributed by atoms with Crippen LogP contribution in [0, 0.1) is 0 Å². The highest BCUT2D eigenvalue weighted by atomic mass is 31.2. The van der Waals surface area contributed by atoms with Gasteiger partial charge in [0.2, 0.25) is 0 Å². The first kappa shape index (κ1) is 34.1. The molecular weight excluding hydrogens is 507 g/mol. The Labute approximate surface area is 220 Å². The highest BCUT2D eigenvalue weighted by Crippen LogP contribution is 2.50. The van der Waals surface area contributed by atoms with Crippen LogP contribution in [0.1, 0.15) is 96.8 Å². The van der Waals surface area contributed by atoms with E-state index in [1.807, 2.05) is 0 Å². The number of rotatable bonds is 21. The third kappa shape index (κ3) is 13.2. The van der Waals surface area contributed by atoms with Crippen molar-refractivity contribution in [3.8, 4) is 0 Å². The minimum atomic E-state index is -4.84. The van der Waals surface area contributed by atoms with Crippen molar-refractivity contribution in [2.75, 3.05) is 6.61 Å². The molecule has 1 aliphatic heterocycles. The average molecular weight is 555 g/mol. The van der Waals surface area contributed by atoms with Crippen LogP contribution in [0.25, 0.3) is 0 Å². The van der Waals surface area contributed by atoms with E-state index in [1.54, 1.807) is 0 Å². The Morgan fingerprint density at radius 3 is 1.89 bits per heavy atom. The van der Waals surface area contributed by atoms with Crippen LogP contribution in [-0.4, -0.2) is 80.0 Å². The van der Waals surface area contributed by atoms with Crippen molar-refractivity contribution >= 4 is 13.3 Å². The Morgan fingerprint density at radius 1 is 0.838 bits per heavy atom. The second kappa shape index (κ2) is 19.2. The van der Waals surface area contributed by atoms with Gasteiger partial charge in [-0.25, -0.2) is 9.36 Å². The monoisotopic (exact) mass is 554 g/mol. The maximum Gasteiger partial charge on any atom is 0.440 e. The molecule has 1 aliphatic rings. The van der Waals surface area contributed by atoms with Gasteiger partial charge in [0, 0.05) is 0 Å². The zero-order valence-electron chi connectivity index (χ0n) is 21.9. The second-order valence-corrected chi connectivity index (χ2v) is 11.4. The Hall–Kier alpha value is -0.880.